The van der Waals surface area contributed by atoms with E-state index in [9.17, 15) is 4.79 Å². The number of carboxylic acid groups (broad SMARTS) is 1. The van der Waals surface area contributed by atoms with Gasteiger partial charge >= 0.3 is 5.97 Å². The Morgan fingerprint density at radius 2 is 1.91 bits per heavy atom. The van der Waals surface area contributed by atoms with Gasteiger partial charge < -0.3 is 15.2 Å². The fourth-order valence-corrected chi connectivity index (χ4v) is 5.35. The Labute approximate surface area is 214 Å². The Morgan fingerprint density at radius 3 is 2.69 bits per heavy atom. The number of hydrogen-bond donors (Lipinski definition) is 2. The standard InChI is InChI=1S/C27H30ClN3O3S/c1-17(2)34-21-14-13-18(15-20(21)28)16-29-26-25-19-9-7-8-10-22(19)35-27(25)31-23(30-26)11-5-3-4-6-12-24(32)33/h7-10,13-15,17H,3-6,11-12,16H2,1-2H3,(H,32,33)(H,29,30,31). The smallest absolute Gasteiger partial charge is 0.303 e. The monoisotopic (exact) mass is 511 g/mol. The van der Waals surface area contributed by atoms with Crippen LogP contribution in [0.1, 0.15) is 57.3 Å². The predicted molar refractivity (Wildman–Crippen MR) is 144 cm³/mol. The number of thiophene rings is 1. The van der Waals surface area contributed by atoms with E-state index in [2.05, 4.69) is 17.4 Å². The number of aryl methyl sites for hydroxylation is 1. The summed E-state index contributed by atoms with van der Waals surface area (Å²) in [6, 6.07) is 14.1. The molecule has 0 unspecified atom stereocenters. The van der Waals surface area contributed by atoms with Crippen molar-refractivity contribution in [2.75, 3.05) is 5.32 Å². The number of unbranched alkanes of at least 4 members (excludes halogenated alkanes) is 3. The number of anilines is 1. The molecular weight excluding hydrogens is 482 g/mol. The number of carbonyl (C=O) groups is 1. The van der Waals surface area contributed by atoms with Gasteiger partial charge in [-0.1, -0.05) is 48.7 Å². The molecule has 0 saturated carbocycles. The first-order chi connectivity index (χ1) is 16.9. The number of nitrogens with zero attached hydrogens (tertiary/aromatic N) is 2. The maximum atomic E-state index is 10.7. The molecule has 0 aliphatic heterocycles. The average molecular weight is 512 g/mol. The van der Waals surface area contributed by atoms with Crippen molar-refractivity contribution in [2.24, 2.45) is 0 Å². The van der Waals surface area contributed by atoms with Crippen LogP contribution in [0.3, 0.4) is 0 Å². The molecule has 2 heterocycles. The Bertz CT molecular complexity index is 1320. The molecule has 0 amide bonds. The van der Waals surface area contributed by atoms with Crippen LogP contribution in [0.2, 0.25) is 5.02 Å². The zero-order valence-electron chi connectivity index (χ0n) is 20.0. The molecule has 0 bridgehead atoms. The van der Waals surface area contributed by atoms with E-state index in [-0.39, 0.29) is 12.5 Å². The highest BCUT2D eigenvalue weighted by molar-refractivity contribution is 7.25. The third-order valence-corrected chi connectivity index (χ3v) is 7.01. The Hall–Kier alpha value is -2.90. The van der Waals surface area contributed by atoms with Gasteiger partial charge in [-0.3, -0.25) is 4.79 Å². The topological polar surface area (TPSA) is 84.3 Å². The average Bonchev–Trinajstić information content (AvgIpc) is 3.19. The highest BCUT2D eigenvalue weighted by atomic mass is 35.5. The van der Waals surface area contributed by atoms with E-state index >= 15 is 0 Å². The first kappa shape index (κ1) is 25.2. The van der Waals surface area contributed by atoms with Crippen molar-refractivity contribution in [3.05, 3.63) is 58.9 Å². The largest absolute Gasteiger partial charge is 0.489 e. The molecule has 8 heteroatoms. The van der Waals surface area contributed by atoms with Gasteiger partial charge in [-0.15, -0.1) is 11.3 Å². The van der Waals surface area contributed by atoms with Gasteiger partial charge in [-0.2, -0.15) is 0 Å². The normalized spacial score (nSPS) is 11.4. The van der Waals surface area contributed by atoms with Crippen LogP contribution >= 0.6 is 22.9 Å². The molecule has 6 nitrogen and oxygen atoms in total. The minimum Gasteiger partial charge on any atom is -0.489 e. The van der Waals surface area contributed by atoms with Crippen LogP contribution in [0.5, 0.6) is 5.75 Å². The van der Waals surface area contributed by atoms with Crippen molar-refractivity contribution in [2.45, 2.75) is 65.0 Å². The molecule has 2 N–H and O–H groups in total. The second kappa shape index (κ2) is 11.7. The number of aromatic nitrogens is 2. The minimum atomic E-state index is -0.734. The van der Waals surface area contributed by atoms with Crippen LogP contribution in [-0.2, 0) is 17.8 Å². The van der Waals surface area contributed by atoms with E-state index in [1.54, 1.807) is 11.3 Å². The zero-order valence-corrected chi connectivity index (χ0v) is 21.6. The number of benzene rings is 2. The van der Waals surface area contributed by atoms with Crippen molar-refractivity contribution >= 4 is 55.0 Å². The van der Waals surface area contributed by atoms with E-state index in [0.29, 0.717) is 23.7 Å². The number of carboxylic acids is 1. The summed E-state index contributed by atoms with van der Waals surface area (Å²) < 4.78 is 6.93. The molecule has 2 aromatic heterocycles. The number of rotatable bonds is 12. The van der Waals surface area contributed by atoms with Gasteiger partial charge in [-0.05, 0) is 50.5 Å². The van der Waals surface area contributed by atoms with E-state index in [1.165, 1.54) is 4.70 Å². The van der Waals surface area contributed by atoms with Gasteiger partial charge in [0.25, 0.3) is 0 Å². The summed E-state index contributed by atoms with van der Waals surface area (Å²) in [5.41, 5.74) is 1.04. The third-order valence-electron chi connectivity index (χ3n) is 5.65. The number of halogens is 1. The fourth-order valence-electron chi connectivity index (χ4n) is 4.01. The maximum absolute atomic E-state index is 10.7. The van der Waals surface area contributed by atoms with Crippen LogP contribution in [0.15, 0.2) is 42.5 Å². The molecule has 0 saturated heterocycles. The molecule has 0 spiro atoms. The Kier molecular flexibility index (Phi) is 8.42. The van der Waals surface area contributed by atoms with Crippen LogP contribution in [0.4, 0.5) is 5.82 Å². The first-order valence-electron chi connectivity index (χ1n) is 12.0. The van der Waals surface area contributed by atoms with E-state index < -0.39 is 5.97 Å². The van der Waals surface area contributed by atoms with Gasteiger partial charge in [-0.25, -0.2) is 9.97 Å². The molecule has 0 radical (unpaired) electrons. The van der Waals surface area contributed by atoms with Crippen LogP contribution in [0, 0.1) is 0 Å². The first-order valence-corrected chi connectivity index (χ1v) is 13.2. The van der Waals surface area contributed by atoms with E-state index in [0.717, 1.165) is 58.5 Å². The van der Waals surface area contributed by atoms with Gasteiger partial charge in [0.15, 0.2) is 0 Å². The molecule has 35 heavy (non-hydrogen) atoms. The van der Waals surface area contributed by atoms with Crippen molar-refractivity contribution in [1.82, 2.24) is 9.97 Å². The predicted octanol–water partition coefficient (Wildman–Crippen LogP) is 7.47. The third kappa shape index (κ3) is 6.61. The lowest BCUT2D eigenvalue weighted by atomic mass is 10.1. The Morgan fingerprint density at radius 1 is 1.11 bits per heavy atom. The quantitative estimate of drug-likeness (QED) is 0.192. The van der Waals surface area contributed by atoms with Gasteiger partial charge in [0.05, 0.1) is 16.5 Å². The molecule has 0 aliphatic rings. The van der Waals surface area contributed by atoms with E-state index in [1.807, 2.05) is 44.2 Å². The van der Waals surface area contributed by atoms with Crippen molar-refractivity contribution in [1.29, 1.82) is 0 Å². The maximum Gasteiger partial charge on any atom is 0.303 e. The number of nitrogens with one attached hydrogen (secondary N) is 1. The van der Waals surface area contributed by atoms with Gasteiger partial charge in [0, 0.05) is 29.5 Å². The number of aliphatic carboxylic acids is 1. The minimum absolute atomic E-state index is 0.0632. The van der Waals surface area contributed by atoms with Crippen LogP contribution < -0.4 is 10.1 Å². The number of hydrogen-bond acceptors (Lipinski definition) is 6. The Balaban J connectivity index is 1.53. The summed E-state index contributed by atoms with van der Waals surface area (Å²) in [4.78, 5) is 21.4. The fraction of sp³-hybridized carbons (Fsp3) is 0.370. The summed E-state index contributed by atoms with van der Waals surface area (Å²) in [7, 11) is 0. The lowest BCUT2D eigenvalue weighted by molar-refractivity contribution is -0.137. The molecule has 0 fully saturated rings. The summed E-state index contributed by atoms with van der Waals surface area (Å²) in [6.07, 6.45) is 4.57. The zero-order chi connectivity index (χ0) is 24.8. The molecule has 4 rings (SSSR count). The highest BCUT2D eigenvalue weighted by Crippen LogP contribution is 2.37. The van der Waals surface area contributed by atoms with Crippen LogP contribution in [0.25, 0.3) is 20.3 Å². The number of ether oxygens (including phenoxy) is 1. The summed E-state index contributed by atoms with van der Waals surface area (Å²) in [5, 5.41) is 15.1. The molecule has 0 aliphatic carbocycles. The molecule has 2 aromatic carbocycles. The van der Waals surface area contributed by atoms with Crippen molar-refractivity contribution in [3.8, 4) is 5.75 Å². The van der Waals surface area contributed by atoms with Gasteiger partial charge in [0.1, 0.15) is 22.2 Å². The highest BCUT2D eigenvalue weighted by Gasteiger charge is 2.15. The lowest BCUT2D eigenvalue weighted by Crippen LogP contribution is -2.07. The summed E-state index contributed by atoms with van der Waals surface area (Å²) in [6.45, 7) is 4.53. The van der Waals surface area contributed by atoms with Crippen LogP contribution in [-0.4, -0.2) is 27.1 Å². The van der Waals surface area contributed by atoms with E-state index in [4.69, 9.17) is 31.4 Å². The molecule has 184 valence electrons. The number of fused-ring (bicyclic) bond motifs is 3. The molecule has 4 aromatic rings. The molecule has 0 atom stereocenters. The van der Waals surface area contributed by atoms with Crippen molar-refractivity contribution < 1.29 is 14.6 Å². The summed E-state index contributed by atoms with van der Waals surface area (Å²) in [5.74, 6) is 1.59. The lowest BCUT2D eigenvalue weighted by Gasteiger charge is -2.13. The van der Waals surface area contributed by atoms with Gasteiger partial charge in [0.2, 0.25) is 0 Å². The molecular formula is C27H30ClN3O3S. The summed E-state index contributed by atoms with van der Waals surface area (Å²) >= 11 is 8.12. The van der Waals surface area contributed by atoms with Crippen molar-refractivity contribution in [3.63, 3.8) is 0 Å². The second-order valence-corrected chi connectivity index (χ2v) is 10.3. The SMILES string of the molecule is CC(C)Oc1ccc(CNc2nc(CCCCCCC(=O)O)nc3sc4ccccc4c23)cc1Cl. The second-order valence-electron chi connectivity index (χ2n) is 8.86.